The van der Waals surface area contributed by atoms with Gasteiger partial charge in [-0.05, 0) is 17.7 Å². The molecule has 7 heteroatoms. The maximum atomic E-state index is 13.3. The first-order valence-corrected chi connectivity index (χ1v) is 8.93. The maximum absolute atomic E-state index is 13.3. The van der Waals surface area contributed by atoms with Crippen molar-refractivity contribution in [2.45, 2.75) is 24.3 Å². The highest BCUT2D eigenvalue weighted by atomic mass is 35.5. The average molecular weight is 402 g/mol. The number of allylic oxidation sites excluding steroid dienone is 2. The monoisotopic (exact) mass is 401 g/mol. The molecule has 1 aromatic carbocycles. The molecule has 1 aromatic heterocycles. The Morgan fingerprint density at radius 2 is 2.11 bits per heavy atom. The van der Waals surface area contributed by atoms with Gasteiger partial charge in [-0.3, -0.25) is 9.48 Å². The lowest BCUT2D eigenvalue weighted by molar-refractivity contribution is 0.0913. The van der Waals surface area contributed by atoms with Crippen LogP contribution in [-0.4, -0.2) is 21.7 Å². The van der Waals surface area contributed by atoms with Gasteiger partial charge in [0.2, 0.25) is 0 Å². The van der Waals surface area contributed by atoms with Crippen LogP contribution in [0.25, 0.3) is 0 Å². The third-order valence-corrected chi connectivity index (χ3v) is 4.99. The van der Waals surface area contributed by atoms with Gasteiger partial charge < -0.3 is 5.32 Å². The Balaban J connectivity index is 1.98. The second-order valence-corrected chi connectivity index (χ2v) is 6.97. The van der Waals surface area contributed by atoms with Crippen LogP contribution < -0.4 is 5.32 Å². The zero-order valence-electron chi connectivity index (χ0n) is 15.1. The molecule has 0 bridgehead atoms. The molecule has 144 valence electrons. The fourth-order valence-electron chi connectivity index (χ4n) is 3.38. The Bertz CT molecular complexity index is 973. The number of halogens is 3. The number of alkyl halides is 2. The summed E-state index contributed by atoms with van der Waals surface area (Å²) < 4.78 is 27.7. The van der Waals surface area contributed by atoms with Gasteiger partial charge in [-0.15, -0.1) is 12.3 Å². The summed E-state index contributed by atoms with van der Waals surface area (Å²) in [6, 6.07) is 6.62. The minimum absolute atomic E-state index is 0.296. The second-order valence-electron chi connectivity index (χ2n) is 6.53. The molecule has 1 aliphatic carbocycles. The van der Waals surface area contributed by atoms with Crippen LogP contribution in [0.1, 0.15) is 34.5 Å². The number of aryl methyl sites for hydroxylation is 1. The molecule has 2 atom stereocenters. The summed E-state index contributed by atoms with van der Waals surface area (Å²) in [7, 11) is 1.49. The number of amides is 1. The van der Waals surface area contributed by atoms with Crippen molar-refractivity contribution in [3.63, 3.8) is 0 Å². The van der Waals surface area contributed by atoms with Gasteiger partial charge in [0.1, 0.15) is 0 Å². The van der Waals surface area contributed by atoms with Gasteiger partial charge in [-0.1, -0.05) is 48.0 Å². The molecule has 0 saturated heterocycles. The van der Waals surface area contributed by atoms with Gasteiger partial charge >= 0.3 is 0 Å². The number of carbonyl (C=O) groups is 1. The predicted molar refractivity (Wildman–Crippen MR) is 104 cm³/mol. The van der Waals surface area contributed by atoms with Gasteiger partial charge in [0.05, 0.1) is 11.6 Å². The molecule has 1 amide bonds. The van der Waals surface area contributed by atoms with Gasteiger partial charge in [0.25, 0.3) is 12.3 Å². The summed E-state index contributed by atoms with van der Waals surface area (Å²) in [4.78, 5) is 12.8. The van der Waals surface area contributed by atoms with Crippen LogP contribution in [-0.2, 0) is 12.5 Å². The van der Waals surface area contributed by atoms with Gasteiger partial charge in [0, 0.05) is 30.1 Å². The Morgan fingerprint density at radius 3 is 2.75 bits per heavy atom. The molecular weight excluding hydrogens is 384 g/mol. The molecule has 0 fully saturated rings. The summed E-state index contributed by atoms with van der Waals surface area (Å²) >= 11 is 6.00. The Hall–Kier alpha value is -2.91. The van der Waals surface area contributed by atoms with Crippen molar-refractivity contribution in [3.8, 4) is 12.3 Å². The zero-order chi connectivity index (χ0) is 20.3. The molecule has 1 N–H and O–H groups in total. The molecule has 1 aliphatic rings. The molecule has 1 heterocycles. The molecular formula is C21H18ClF2N3O. The van der Waals surface area contributed by atoms with Gasteiger partial charge in [0.15, 0.2) is 5.69 Å². The summed E-state index contributed by atoms with van der Waals surface area (Å²) in [6.45, 7) is 0. The summed E-state index contributed by atoms with van der Waals surface area (Å²) in [5.41, 5.74) is -0.588. The second kappa shape index (κ2) is 7.99. The smallest absolute Gasteiger partial charge is 0.272 e. The predicted octanol–water partition coefficient (Wildman–Crippen LogP) is 4.20. The number of rotatable bonds is 5. The van der Waals surface area contributed by atoms with E-state index in [1.54, 1.807) is 24.3 Å². The molecule has 28 heavy (non-hydrogen) atoms. The quantitative estimate of drug-likeness (QED) is 0.763. The van der Waals surface area contributed by atoms with Crippen LogP contribution >= 0.6 is 11.6 Å². The van der Waals surface area contributed by atoms with E-state index < -0.39 is 29.4 Å². The number of hydrogen-bond acceptors (Lipinski definition) is 2. The van der Waals surface area contributed by atoms with Crippen LogP contribution in [0.5, 0.6) is 0 Å². The van der Waals surface area contributed by atoms with Gasteiger partial charge in [-0.2, -0.15) is 5.10 Å². The Kier molecular flexibility index (Phi) is 5.66. The lowest BCUT2D eigenvalue weighted by Gasteiger charge is -2.38. The zero-order valence-corrected chi connectivity index (χ0v) is 15.8. The molecule has 4 nitrogen and oxygen atoms in total. The number of nitrogens with one attached hydrogen (secondary N) is 1. The van der Waals surface area contributed by atoms with Crippen LogP contribution in [0.15, 0.2) is 54.8 Å². The highest BCUT2D eigenvalue weighted by Gasteiger charge is 2.39. The fourth-order valence-corrected chi connectivity index (χ4v) is 3.51. The molecule has 3 rings (SSSR count). The van der Waals surface area contributed by atoms with E-state index in [0.29, 0.717) is 11.4 Å². The molecule has 0 spiro atoms. The largest absolute Gasteiger partial charge is 0.343 e. The lowest BCUT2D eigenvalue weighted by Crippen LogP contribution is -2.49. The minimum atomic E-state index is -2.80. The van der Waals surface area contributed by atoms with Gasteiger partial charge in [-0.25, -0.2) is 8.78 Å². The summed E-state index contributed by atoms with van der Waals surface area (Å²) in [5, 5.41) is 7.29. The van der Waals surface area contributed by atoms with Crippen LogP contribution in [0, 0.1) is 12.3 Å². The standard InChI is InChI=1S/C21H18ClF2N3O/c1-3-11-21(14-7-9-15(22)10-8-14)12-5-4-6-17(21)25-20(28)18-16(19(23)24)13-27(2)26-18/h1,4-10,12-13,17,19H,11H2,2H3,(H,25,28). The molecule has 0 radical (unpaired) electrons. The number of aromatic nitrogens is 2. The number of carbonyl (C=O) groups excluding carboxylic acids is 1. The summed E-state index contributed by atoms with van der Waals surface area (Å²) in [6.07, 6.45) is 11.6. The van der Waals surface area contributed by atoms with E-state index in [1.165, 1.54) is 11.7 Å². The van der Waals surface area contributed by atoms with E-state index in [9.17, 15) is 13.6 Å². The Morgan fingerprint density at radius 1 is 1.39 bits per heavy atom. The number of terminal acetylenes is 1. The van der Waals surface area contributed by atoms with E-state index in [0.717, 1.165) is 11.8 Å². The maximum Gasteiger partial charge on any atom is 0.272 e. The molecule has 0 saturated carbocycles. The van der Waals surface area contributed by atoms with Crippen molar-refractivity contribution in [1.82, 2.24) is 15.1 Å². The number of benzene rings is 1. The number of nitrogens with zero attached hydrogens (tertiary/aromatic N) is 2. The van der Waals surface area contributed by atoms with Crippen LogP contribution in [0.3, 0.4) is 0 Å². The van der Waals surface area contributed by atoms with Crippen molar-refractivity contribution in [3.05, 3.63) is 76.6 Å². The van der Waals surface area contributed by atoms with Crippen molar-refractivity contribution in [2.75, 3.05) is 0 Å². The van der Waals surface area contributed by atoms with E-state index in [-0.39, 0.29) is 5.69 Å². The normalized spacial score (nSPS) is 20.9. The highest BCUT2D eigenvalue weighted by molar-refractivity contribution is 6.30. The van der Waals surface area contributed by atoms with E-state index in [4.69, 9.17) is 18.0 Å². The van der Waals surface area contributed by atoms with E-state index >= 15 is 0 Å². The van der Waals surface area contributed by atoms with Crippen molar-refractivity contribution in [1.29, 1.82) is 0 Å². The lowest BCUT2D eigenvalue weighted by atomic mass is 9.69. The SMILES string of the molecule is C#CCC1(c2ccc(Cl)cc2)C=CC=CC1NC(=O)c1nn(C)cc1C(F)F. The average Bonchev–Trinajstić information content (AvgIpc) is 3.06. The van der Waals surface area contributed by atoms with E-state index in [1.807, 2.05) is 24.3 Å². The molecule has 2 unspecified atom stereocenters. The minimum Gasteiger partial charge on any atom is -0.343 e. The third-order valence-electron chi connectivity index (χ3n) is 4.73. The third kappa shape index (κ3) is 3.71. The van der Waals surface area contributed by atoms with E-state index in [2.05, 4.69) is 16.3 Å². The van der Waals surface area contributed by atoms with Crippen molar-refractivity contribution in [2.24, 2.45) is 7.05 Å². The Labute approximate surface area is 166 Å². The first kappa shape index (κ1) is 19.8. The molecule has 0 aliphatic heterocycles. The highest BCUT2D eigenvalue weighted by Crippen LogP contribution is 2.37. The first-order chi connectivity index (χ1) is 13.4. The fraction of sp³-hybridized carbons (Fsp3) is 0.238. The van der Waals surface area contributed by atoms with Crippen molar-refractivity contribution < 1.29 is 13.6 Å². The van der Waals surface area contributed by atoms with Crippen molar-refractivity contribution >= 4 is 17.5 Å². The first-order valence-electron chi connectivity index (χ1n) is 8.55. The van der Waals surface area contributed by atoms with Crippen LogP contribution in [0.4, 0.5) is 8.78 Å². The van der Waals surface area contributed by atoms with Crippen LogP contribution in [0.2, 0.25) is 5.02 Å². The molecule has 2 aromatic rings. The number of hydrogen-bond donors (Lipinski definition) is 1. The summed E-state index contributed by atoms with van der Waals surface area (Å²) in [5.74, 6) is 1.97. The topological polar surface area (TPSA) is 46.9 Å².